The van der Waals surface area contributed by atoms with Crippen molar-refractivity contribution < 1.29 is 9.90 Å². The van der Waals surface area contributed by atoms with Crippen LogP contribution in [0, 0.1) is 18.3 Å². The van der Waals surface area contributed by atoms with Gasteiger partial charge >= 0.3 is 0 Å². The summed E-state index contributed by atoms with van der Waals surface area (Å²) in [6, 6.07) is 6.92. The minimum absolute atomic E-state index is 0.0617. The first kappa shape index (κ1) is 17.9. The van der Waals surface area contributed by atoms with E-state index in [2.05, 4.69) is 16.4 Å². The number of hydrogen-bond acceptors (Lipinski definition) is 4. The lowest BCUT2D eigenvalue weighted by Gasteiger charge is -2.15. The van der Waals surface area contributed by atoms with E-state index in [1.807, 2.05) is 6.92 Å². The first-order chi connectivity index (χ1) is 13.5. The number of aromatic hydroxyl groups is 1. The number of aromatic amines is 1. The van der Waals surface area contributed by atoms with Crippen LogP contribution in [0.5, 0.6) is 5.75 Å². The first-order valence-electron chi connectivity index (χ1n) is 9.26. The van der Waals surface area contributed by atoms with E-state index in [1.165, 1.54) is 16.7 Å². The van der Waals surface area contributed by atoms with E-state index in [0.29, 0.717) is 5.65 Å². The van der Waals surface area contributed by atoms with Gasteiger partial charge in [0, 0.05) is 18.5 Å². The van der Waals surface area contributed by atoms with Crippen molar-refractivity contribution in [1.29, 1.82) is 5.26 Å². The van der Waals surface area contributed by atoms with Gasteiger partial charge in [-0.05, 0) is 48.9 Å². The smallest absolute Gasteiger partial charge is 0.270 e. The van der Waals surface area contributed by atoms with Crippen LogP contribution in [-0.4, -0.2) is 20.4 Å². The molecule has 0 bridgehead atoms. The van der Waals surface area contributed by atoms with Crippen LogP contribution in [0.15, 0.2) is 35.4 Å². The Morgan fingerprint density at radius 1 is 1.32 bits per heavy atom. The van der Waals surface area contributed by atoms with Gasteiger partial charge in [0.25, 0.3) is 11.5 Å². The van der Waals surface area contributed by atoms with Crippen molar-refractivity contribution in [2.45, 2.75) is 38.5 Å². The second kappa shape index (κ2) is 6.89. The molecule has 1 aliphatic rings. The van der Waals surface area contributed by atoms with Crippen LogP contribution in [0.4, 0.5) is 5.69 Å². The highest BCUT2D eigenvalue weighted by atomic mass is 16.3. The Morgan fingerprint density at radius 3 is 2.79 bits per heavy atom. The maximum absolute atomic E-state index is 12.7. The highest BCUT2D eigenvalue weighted by Gasteiger charge is 2.23. The molecule has 1 aromatic carbocycles. The highest BCUT2D eigenvalue weighted by Crippen LogP contribution is 2.40. The van der Waals surface area contributed by atoms with Gasteiger partial charge in [-0.1, -0.05) is 12.8 Å². The standard InChI is InChI=1S/C21H20N4O3/c1-12-6-19-23-10-16(21(28)25(19)11-12)20(27)24-17-8-18(26)15(7-14(17)9-22)13-4-2-3-5-13/h6-8,10-11,13,23,26H,2-5H2,1H3,(H,24,27). The number of rotatable bonds is 3. The van der Waals surface area contributed by atoms with Crippen LogP contribution in [0.25, 0.3) is 5.65 Å². The topological polar surface area (TPSA) is 110 Å². The predicted molar refractivity (Wildman–Crippen MR) is 105 cm³/mol. The summed E-state index contributed by atoms with van der Waals surface area (Å²) < 4.78 is 1.37. The lowest BCUT2D eigenvalue weighted by molar-refractivity contribution is 0.102. The first-order valence-corrected chi connectivity index (χ1v) is 9.26. The number of aromatic nitrogens is 2. The minimum atomic E-state index is -0.640. The van der Waals surface area contributed by atoms with Crippen molar-refractivity contribution in [2.24, 2.45) is 0 Å². The van der Waals surface area contributed by atoms with Crippen molar-refractivity contribution in [2.75, 3.05) is 5.32 Å². The number of benzene rings is 1. The molecule has 3 N–H and O–H groups in total. The number of phenolic OH excluding ortho intramolecular Hbond substituents is 1. The lowest BCUT2D eigenvalue weighted by atomic mass is 9.94. The molecule has 0 radical (unpaired) electrons. The number of hydrogen-bond donors (Lipinski definition) is 3. The third-order valence-corrected chi connectivity index (χ3v) is 5.35. The molecule has 1 saturated carbocycles. The highest BCUT2D eigenvalue weighted by molar-refractivity contribution is 6.04. The van der Waals surface area contributed by atoms with Crippen LogP contribution >= 0.6 is 0 Å². The number of anilines is 1. The summed E-state index contributed by atoms with van der Waals surface area (Å²) in [4.78, 5) is 28.2. The van der Waals surface area contributed by atoms with Gasteiger partial charge in [0.05, 0.1) is 11.3 Å². The van der Waals surface area contributed by atoms with Gasteiger partial charge in [-0.25, -0.2) is 0 Å². The Labute approximate surface area is 161 Å². The van der Waals surface area contributed by atoms with Gasteiger partial charge < -0.3 is 15.4 Å². The number of H-pyrrole nitrogens is 1. The van der Waals surface area contributed by atoms with Crippen molar-refractivity contribution in [1.82, 2.24) is 9.38 Å². The lowest BCUT2D eigenvalue weighted by Crippen LogP contribution is -2.26. The number of fused-ring (bicyclic) bond motifs is 1. The summed E-state index contributed by atoms with van der Waals surface area (Å²) in [5, 5.41) is 22.5. The number of nitriles is 1. The zero-order valence-corrected chi connectivity index (χ0v) is 15.5. The molecule has 4 rings (SSSR count). The number of amides is 1. The SMILES string of the molecule is Cc1cc2[nH]cc(C(=O)Nc3cc(O)c(C4CCCC4)cc3C#N)c(=O)n2c1. The molecule has 0 spiro atoms. The zero-order chi connectivity index (χ0) is 19.8. The van der Waals surface area contributed by atoms with Gasteiger partial charge in [-0.15, -0.1) is 0 Å². The minimum Gasteiger partial charge on any atom is -0.508 e. The van der Waals surface area contributed by atoms with Crippen molar-refractivity contribution in [3.05, 3.63) is 63.2 Å². The van der Waals surface area contributed by atoms with Crippen LogP contribution < -0.4 is 10.9 Å². The number of aryl methyl sites for hydroxylation is 1. The monoisotopic (exact) mass is 376 g/mol. The summed E-state index contributed by atoms with van der Waals surface area (Å²) in [6.07, 6.45) is 7.17. The molecule has 1 fully saturated rings. The molecule has 1 aliphatic carbocycles. The molecule has 28 heavy (non-hydrogen) atoms. The molecular formula is C21H20N4O3. The maximum Gasteiger partial charge on any atom is 0.270 e. The fraction of sp³-hybridized carbons (Fsp3) is 0.286. The number of nitrogens with one attached hydrogen (secondary N) is 2. The molecule has 2 heterocycles. The molecular weight excluding hydrogens is 356 g/mol. The molecule has 142 valence electrons. The fourth-order valence-corrected chi connectivity index (χ4v) is 3.93. The van der Waals surface area contributed by atoms with Gasteiger partial charge in [0.15, 0.2) is 0 Å². The Balaban J connectivity index is 1.68. The summed E-state index contributed by atoms with van der Waals surface area (Å²) in [5.74, 6) is -0.343. The molecule has 1 amide bonds. The Bertz CT molecular complexity index is 1180. The molecule has 3 aromatic rings. The van der Waals surface area contributed by atoms with Crippen LogP contribution in [-0.2, 0) is 0 Å². The molecule has 0 aliphatic heterocycles. The Morgan fingerprint density at radius 2 is 2.07 bits per heavy atom. The molecule has 7 heteroatoms. The molecule has 0 atom stereocenters. The Hall–Kier alpha value is -3.53. The summed E-state index contributed by atoms with van der Waals surface area (Å²) in [7, 11) is 0. The van der Waals surface area contributed by atoms with Gasteiger partial charge in [-0.3, -0.25) is 14.0 Å². The van der Waals surface area contributed by atoms with Crippen LogP contribution in [0.2, 0.25) is 0 Å². The number of nitrogens with zero attached hydrogens (tertiary/aromatic N) is 2. The fourth-order valence-electron chi connectivity index (χ4n) is 3.93. The second-order valence-corrected chi connectivity index (χ2v) is 7.28. The van der Waals surface area contributed by atoms with Crippen LogP contribution in [0.3, 0.4) is 0 Å². The molecule has 2 aromatic heterocycles. The molecule has 0 saturated heterocycles. The van der Waals surface area contributed by atoms with Gasteiger partial charge in [-0.2, -0.15) is 5.26 Å². The van der Waals surface area contributed by atoms with E-state index in [1.54, 1.807) is 18.3 Å². The van der Waals surface area contributed by atoms with Gasteiger partial charge in [0.2, 0.25) is 0 Å². The number of carbonyl (C=O) groups excluding carboxylic acids is 1. The third-order valence-electron chi connectivity index (χ3n) is 5.35. The van der Waals surface area contributed by atoms with E-state index in [4.69, 9.17) is 0 Å². The summed E-state index contributed by atoms with van der Waals surface area (Å²) in [6.45, 7) is 1.86. The largest absolute Gasteiger partial charge is 0.508 e. The summed E-state index contributed by atoms with van der Waals surface area (Å²) in [5.41, 5.74) is 2.16. The average molecular weight is 376 g/mol. The number of carbonyl (C=O) groups is 1. The van der Waals surface area contributed by atoms with Crippen molar-refractivity contribution in [3.63, 3.8) is 0 Å². The average Bonchev–Trinajstić information content (AvgIpc) is 3.31. The van der Waals surface area contributed by atoms with E-state index in [0.717, 1.165) is 36.8 Å². The molecule has 7 nitrogen and oxygen atoms in total. The number of phenols is 1. The Kier molecular flexibility index (Phi) is 4.40. The van der Waals surface area contributed by atoms with Crippen molar-refractivity contribution >= 4 is 17.2 Å². The summed E-state index contributed by atoms with van der Waals surface area (Å²) >= 11 is 0. The van der Waals surface area contributed by atoms with E-state index in [9.17, 15) is 20.0 Å². The second-order valence-electron chi connectivity index (χ2n) is 7.28. The van der Waals surface area contributed by atoms with Crippen LogP contribution in [0.1, 0.15) is 58.6 Å². The maximum atomic E-state index is 12.7. The van der Waals surface area contributed by atoms with E-state index < -0.39 is 11.5 Å². The molecule has 0 unspecified atom stereocenters. The quantitative estimate of drug-likeness (QED) is 0.650. The van der Waals surface area contributed by atoms with Crippen molar-refractivity contribution in [3.8, 4) is 11.8 Å². The normalized spacial score (nSPS) is 14.3. The predicted octanol–water partition coefficient (Wildman–Crippen LogP) is 3.42. The van der Waals surface area contributed by atoms with E-state index in [-0.39, 0.29) is 28.5 Å². The third kappa shape index (κ3) is 3.03. The zero-order valence-electron chi connectivity index (χ0n) is 15.5. The van der Waals surface area contributed by atoms with E-state index >= 15 is 0 Å². The van der Waals surface area contributed by atoms with Gasteiger partial charge in [0.1, 0.15) is 23.0 Å².